The van der Waals surface area contributed by atoms with Crippen molar-refractivity contribution in [3.8, 4) is 0 Å². The molecule has 3 aromatic rings. The molecule has 3 aromatic carbocycles. The molecule has 0 aliphatic carbocycles. The maximum absolute atomic E-state index is 13.2. The summed E-state index contributed by atoms with van der Waals surface area (Å²) in [7, 11) is 0. The number of amides is 1. The Bertz CT molecular complexity index is 971. The fourth-order valence-corrected chi connectivity index (χ4v) is 4.35. The number of alkyl halides is 3. The van der Waals surface area contributed by atoms with Gasteiger partial charge in [-0.3, -0.25) is 9.69 Å². The van der Waals surface area contributed by atoms with Crippen molar-refractivity contribution in [1.29, 1.82) is 0 Å². The van der Waals surface area contributed by atoms with Crippen molar-refractivity contribution in [2.75, 3.05) is 4.90 Å². The lowest BCUT2D eigenvalue weighted by molar-refractivity contribution is -0.137. The number of rotatable bonds is 2. The van der Waals surface area contributed by atoms with Crippen LogP contribution in [0.15, 0.2) is 83.8 Å². The Labute approximate surface area is 158 Å². The van der Waals surface area contributed by atoms with E-state index in [4.69, 9.17) is 0 Å². The first-order chi connectivity index (χ1) is 12.9. The van der Waals surface area contributed by atoms with Gasteiger partial charge in [0, 0.05) is 10.6 Å². The number of carbonyl (C=O) groups excluding carboxylic acids is 1. The molecule has 1 atom stereocenters. The van der Waals surface area contributed by atoms with Crippen LogP contribution in [-0.2, 0) is 6.18 Å². The van der Waals surface area contributed by atoms with E-state index in [-0.39, 0.29) is 11.3 Å². The van der Waals surface area contributed by atoms with E-state index in [1.165, 1.54) is 23.9 Å². The molecule has 1 aliphatic rings. The number of fused-ring (bicyclic) bond motifs is 1. The van der Waals surface area contributed by atoms with Gasteiger partial charge >= 0.3 is 6.18 Å². The van der Waals surface area contributed by atoms with Gasteiger partial charge in [0.1, 0.15) is 5.37 Å². The zero-order valence-electron chi connectivity index (χ0n) is 14.0. The normalized spacial score (nSPS) is 16.9. The summed E-state index contributed by atoms with van der Waals surface area (Å²) in [4.78, 5) is 15.6. The van der Waals surface area contributed by atoms with Crippen LogP contribution in [0.4, 0.5) is 18.9 Å². The van der Waals surface area contributed by atoms with Crippen LogP contribution in [0.25, 0.3) is 0 Å². The molecule has 0 radical (unpaired) electrons. The van der Waals surface area contributed by atoms with E-state index in [0.29, 0.717) is 11.3 Å². The molecule has 1 heterocycles. The monoisotopic (exact) mass is 385 g/mol. The summed E-state index contributed by atoms with van der Waals surface area (Å²) in [6.07, 6.45) is -4.41. The van der Waals surface area contributed by atoms with Gasteiger partial charge in [-0.2, -0.15) is 13.2 Å². The van der Waals surface area contributed by atoms with Crippen LogP contribution >= 0.6 is 11.8 Å². The van der Waals surface area contributed by atoms with Gasteiger partial charge in [0.15, 0.2) is 0 Å². The lowest BCUT2D eigenvalue weighted by atomic mass is 10.1. The van der Waals surface area contributed by atoms with Crippen LogP contribution in [-0.4, -0.2) is 5.91 Å². The van der Waals surface area contributed by atoms with E-state index in [9.17, 15) is 18.0 Å². The highest BCUT2D eigenvalue weighted by atomic mass is 32.2. The molecule has 0 aromatic heterocycles. The van der Waals surface area contributed by atoms with Gasteiger partial charge in [-0.1, -0.05) is 54.2 Å². The first kappa shape index (κ1) is 17.7. The molecule has 0 unspecified atom stereocenters. The summed E-state index contributed by atoms with van der Waals surface area (Å²) in [6, 6.07) is 21.5. The zero-order valence-corrected chi connectivity index (χ0v) is 14.8. The SMILES string of the molecule is O=C1c2ccccc2S[C@@H](c2ccccc2)N1c1ccc(C(F)(F)F)cc1. The quantitative estimate of drug-likeness (QED) is 0.527. The van der Waals surface area contributed by atoms with Gasteiger partial charge in [-0.05, 0) is 42.0 Å². The van der Waals surface area contributed by atoms with Crippen molar-refractivity contribution < 1.29 is 18.0 Å². The molecule has 1 aliphatic heterocycles. The van der Waals surface area contributed by atoms with Crippen molar-refractivity contribution in [2.45, 2.75) is 16.4 Å². The Balaban J connectivity index is 1.81. The summed E-state index contributed by atoms with van der Waals surface area (Å²) in [5, 5.41) is -0.356. The number of thioether (sulfide) groups is 1. The molecule has 0 saturated carbocycles. The predicted octanol–water partition coefficient (Wildman–Crippen LogP) is 6.16. The molecule has 0 fully saturated rings. The van der Waals surface area contributed by atoms with Crippen molar-refractivity contribution in [3.63, 3.8) is 0 Å². The van der Waals surface area contributed by atoms with E-state index in [2.05, 4.69) is 0 Å². The van der Waals surface area contributed by atoms with Crippen molar-refractivity contribution in [2.24, 2.45) is 0 Å². The van der Waals surface area contributed by atoms with Crippen LogP contribution in [0.3, 0.4) is 0 Å². The number of hydrogen-bond donors (Lipinski definition) is 0. The third kappa shape index (κ3) is 3.32. The molecule has 0 spiro atoms. The van der Waals surface area contributed by atoms with Gasteiger partial charge in [0.2, 0.25) is 0 Å². The van der Waals surface area contributed by atoms with Crippen LogP contribution in [0, 0.1) is 0 Å². The third-order valence-corrected chi connectivity index (χ3v) is 5.68. The molecule has 136 valence electrons. The Morgan fingerprint density at radius 2 is 1.44 bits per heavy atom. The third-order valence-electron chi connectivity index (χ3n) is 4.37. The summed E-state index contributed by atoms with van der Waals surface area (Å²) in [5.41, 5.74) is 1.16. The van der Waals surface area contributed by atoms with Gasteiger partial charge in [-0.15, -0.1) is 0 Å². The Morgan fingerprint density at radius 1 is 0.815 bits per heavy atom. The molecular formula is C21H14F3NOS. The fourth-order valence-electron chi connectivity index (χ4n) is 3.05. The second-order valence-electron chi connectivity index (χ2n) is 6.10. The van der Waals surface area contributed by atoms with Gasteiger partial charge in [-0.25, -0.2) is 0 Å². The number of carbonyl (C=O) groups is 1. The van der Waals surface area contributed by atoms with Crippen LogP contribution < -0.4 is 4.90 Å². The lowest BCUT2D eigenvalue weighted by Gasteiger charge is -2.36. The van der Waals surface area contributed by atoms with Crippen molar-refractivity contribution in [1.82, 2.24) is 0 Å². The second-order valence-corrected chi connectivity index (χ2v) is 7.22. The zero-order chi connectivity index (χ0) is 19.0. The lowest BCUT2D eigenvalue weighted by Crippen LogP contribution is -2.36. The molecule has 4 rings (SSSR count). The minimum absolute atomic E-state index is 0.224. The molecule has 2 nitrogen and oxygen atoms in total. The van der Waals surface area contributed by atoms with Crippen LogP contribution in [0.2, 0.25) is 0 Å². The molecule has 0 N–H and O–H groups in total. The Kier molecular flexibility index (Phi) is 4.44. The minimum Gasteiger partial charge on any atom is -0.291 e. The minimum atomic E-state index is -4.41. The smallest absolute Gasteiger partial charge is 0.291 e. The van der Waals surface area contributed by atoms with Crippen molar-refractivity contribution >= 4 is 23.4 Å². The van der Waals surface area contributed by atoms with E-state index in [1.54, 1.807) is 17.0 Å². The fraction of sp³-hybridized carbons (Fsp3) is 0.0952. The highest BCUT2D eigenvalue weighted by molar-refractivity contribution is 7.99. The number of anilines is 1. The molecule has 0 bridgehead atoms. The highest BCUT2D eigenvalue weighted by Gasteiger charge is 2.36. The molecule has 1 amide bonds. The first-order valence-electron chi connectivity index (χ1n) is 8.26. The number of benzene rings is 3. The second kappa shape index (κ2) is 6.78. The highest BCUT2D eigenvalue weighted by Crippen LogP contribution is 2.46. The number of nitrogens with zero attached hydrogens (tertiary/aromatic N) is 1. The largest absolute Gasteiger partial charge is 0.416 e. The van der Waals surface area contributed by atoms with Gasteiger partial charge in [0.05, 0.1) is 11.1 Å². The number of halogens is 3. The first-order valence-corrected chi connectivity index (χ1v) is 9.14. The van der Waals surface area contributed by atoms with Crippen LogP contribution in [0.5, 0.6) is 0 Å². The average Bonchev–Trinajstić information content (AvgIpc) is 2.68. The van der Waals surface area contributed by atoms with Crippen molar-refractivity contribution in [3.05, 3.63) is 95.6 Å². The number of hydrogen-bond acceptors (Lipinski definition) is 2. The summed E-state index contributed by atoms with van der Waals surface area (Å²) in [6.45, 7) is 0. The van der Waals surface area contributed by atoms with Crippen LogP contribution in [0.1, 0.15) is 26.9 Å². The van der Waals surface area contributed by atoms with E-state index in [0.717, 1.165) is 22.6 Å². The summed E-state index contributed by atoms with van der Waals surface area (Å²) in [5.74, 6) is -0.224. The maximum Gasteiger partial charge on any atom is 0.416 e. The summed E-state index contributed by atoms with van der Waals surface area (Å²) >= 11 is 1.51. The molecular weight excluding hydrogens is 371 g/mol. The maximum atomic E-state index is 13.2. The van der Waals surface area contributed by atoms with E-state index >= 15 is 0 Å². The van der Waals surface area contributed by atoms with E-state index < -0.39 is 11.7 Å². The molecule has 27 heavy (non-hydrogen) atoms. The Morgan fingerprint density at radius 3 is 2.11 bits per heavy atom. The topological polar surface area (TPSA) is 20.3 Å². The molecule has 0 saturated heterocycles. The standard InChI is InChI=1S/C21H14F3NOS/c22-21(23,24)15-10-12-16(13-11-15)25-19(26)17-8-4-5-9-18(17)27-20(25)14-6-2-1-3-7-14/h1-13,20H/t20-/m0/s1. The summed E-state index contributed by atoms with van der Waals surface area (Å²) < 4.78 is 38.7. The molecule has 6 heteroatoms. The van der Waals surface area contributed by atoms with Gasteiger partial charge in [0.25, 0.3) is 5.91 Å². The Hall–Kier alpha value is -2.73. The van der Waals surface area contributed by atoms with E-state index in [1.807, 2.05) is 42.5 Å². The van der Waals surface area contributed by atoms with Gasteiger partial charge < -0.3 is 0 Å². The average molecular weight is 385 g/mol. The predicted molar refractivity (Wildman–Crippen MR) is 99.7 cm³/mol.